The quantitative estimate of drug-likeness (QED) is 0.742. The molecule has 2 atom stereocenters. The minimum Gasteiger partial charge on any atom is -0.350 e. The van der Waals surface area contributed by atoms with E-state index in [-0.39, 0.29) is 30.3 Å². The second-order valence-electron chi connectivity index (χ2n) is 6.01. The summed E-state index contributed by atoms with van der Waals surface area (Å²) in [6.07, 6.45) is 2.27. The fourth-order valence-corrected chi connectivity index (χ4v) is 2.91. The molecule has 0 saturated heterocycles. The lowest BCUT2D eigenvalue weighted by atomic mass is 10.1. The van der Waals surface area contributed by atoms with Gasteiger partial charge >= 0.3 is 0 Å². The van der Waals surface area contributed by atoms with Crippen LogP contribution in [0, 0.1) is 0 Å². The Morgan fingerprint density at radius 1 is 0.960 bits per heavy atom. The summed E-state index contributed by atoms with van der Waals surface area (Å²) < 4.78 is 0. The minimum absolute atomic E-state index is 0.0690. The van der Waals surface area contributed by atoms with Crippen molar-refractivity contribution in [3.8, 4) is 0 Å². The van der Waals surface area contributed by atoms with E-state index in [2.05, 4.69) is 10.6 Å². The average Bonchev–Trinajstić information content (AvgIpc) is 2.62. The van der Waals surface area contributed by atoms with Gasteiger partial charge in [0.2, 0.25) is 5.91 Å². The Hall–Kier alpha value is -2.27. The zero-order chi connectivity index (χ0) is 18.2. The Morgan fingerprint density at radius 3 is 2.20 bits per heavy atom. The van der Waals surface area contributed by atoms with Gasteiger partial charge < -0.3 is 10.6 Å². The molecule has 2 unspecified atom stereocenters. The van der Waals surface area contributed by atoms with Crippen LogP contribution in [0.25, 0.3) is 0 Å². The minimum atomic E-state index is -0.237. The van der Waals surface area contributed by atoms with Crippen molar-refractivity contribution in [2.75, 3.05) is 6.26 Å². The monoisotopic (exact) mass is 356 g/mol. The van der Waals surface area contributed by atoms with E-state index < -0.39 is 0 Å². The molecular formula is C20H24N2O2S. The smallest absolute Gasteiger partial charge is 0.251 e. The highest BCUT2D eigenvalue weighted by molar-refractivity contribution is 7.98. The number of nitrogens with one attached hydrogen (secondary N) is 2. The lowest BCUT2D eigenvalue weighted by Gasteiger charge is -2.18. The Labute approximate surface area is 153 Å². The van der Waals surface area contributed by atoms with Crippen LogP contribution in [0.3, 0.4) is 0 Å². The molecule has 2 amide bonds. The molecule has 0 aliphatic carbocycles. The van der Waals surface area contributed by atoms with Crippen LogP contribution in [-0.4, -0.2) is 24.1 Å². The highest BCUT2D eigenvalue weighted by Gasteiger charge is 2.15. The highest BCUT2D eigenvalue weighted by atomic mass is 32.2. The molecule has 0 aliphatic heterocycles. The number of carbonyl (C=O) groups excluding carboxylic acids is 2. The molecule has 0 bridgehead atoms. The van der Waals surface area contributed by atoms with Gasteiger partial charge in [0.15, 0.2) is 0 Å². The fraction of sp³-hybridized carbons (Fsp3) is 0.300. The lowest BCUT2D eigenvalue weighted by molar-refractivity contribution is -0.122. The molecule has 2 rings (SSSR count). The van der Waals surface area contributed by atoms with E-state index in [4.69, 9.17) is 0 Å². The molecule has 4 nitrogen and oxygen atoms in total. The van der Waals surface area contributed by atoms with Crippen molar-refractivity contribution in [3.63, 3.8) is 0 Å². The van der Waals surface area contributed by atoms with Crippen molar-refractivity contribution in [1.29, 1.82) is 0 Å². The van der Waals surface area contributed by atoms with Crippen molar-refractivity contribution in [3.05, 3.63) is 65.7 Å². The molecule has 132 valence electrons. The summed E-state index contributed by atoms with van der Waals surface area (Å²) in [6.45, 7) is 3.79. The van der Waals surface area contributed by atoms with Crippen LogP contribution in [0.5, 0.6) is 0 Å². The van der Waals surface area contributed by atoms with Crippen LogP contribution < -0.4 is 10.6 Å². The number of benzene rings is 2. The van der Waals surface area contributed by atoms with Crippen LogP contribution in [0.15, 0.2) is 59.5 Å². The number of hydrogen-bond acceptors (Lipinski definition) is 3. The molecule has 0 aliphatic rings. The normalized spacial score (nSPS) is 12.9. The molecular weight excluding hydrogens is 332 g/mol. The number of hydrogen-bond donors (Lipinski definition) is 2. The zero-order valence-electron chi connectivity index (χ0n) is 14.8. The molecule has 2 N–H and O–H groups in total. The van der Waals surface area contributed by atoms with Gasteiger partial charge in [-0.25, -0.2) is 0 Å². The van der Waals surface area contributed by atoms with Crippen LogP contribution >= 0.6 is 11.8 Å². The Morgan fingerprint density at radius 2 is 1.60 bits per heavy atom. The first kappa shape index (κ1) is 19.1. The summed E-state index contributed by atoms with van der Waals surface area (Å²) >= 11 is 1.69. The van der Waals surface area contributed by atoms with Gasteiger partial charge in [-0.05, 0) is 49.9 Å². The van der Waals surface area contributed by atoms with Gasteiger partial charge in [-0.1, -0.05) is 30.3 Å². The fourth-order valence-electron chi connectivity index (χ4n) is 2.50. The van der Waals surface area contributed by atoms with Crippen LogP contribution in [-0.2, 0) is 4.79 Å². The molecule has 0 radical (unpaired) electrons. The molecule has 0 spiro atoms. The lowest BCUT2D eigenvalue weighted by Crippen LogP contribution is -2.37. The first-order valence-electron chi connectivity index (χ1n) is 8.29. The number of rotatable bonds is 7. The average molecular weight is 356 g/mol. The number of amides is 2. The van der Waals surface area contributed by atoms with E-state index in [1.165, 1.54) is 4.90 Å². The van der Waals surface area contributed by atoms with E-state index in [1.54, 1.807) is 23.9 Å². The largest absolute Gasteiger partial charge is 0.350 e. The van der Waals surface area contributed by atoms with Crippen LogP contribution in [0.1, 0.15) is 42.2 Å². The Balaban J connectivity index is 1.83. The van der Waals surface area contributed by atoms with Crippen LogP contribution in [0.4, 0.5) is 0 Å². The molecule has 0 heterocycles. The zero-order valence-corrected chi connectivity index (χ0v) is 15.6. The predicted molar refractivity (Wildman–Crippen MR) is 103 cm³/mol. The van der Waals surface area contributed by atoms with Crippen molar-refractivity contribution in [2.24, 2.45) is 0 Å². The maximum absolute atomic E-state index is 12.2. The van der Waals surface area contributed by atoms with Gasteiger partial charge in [0.1, 0.15) is 0 Å². The molecule has 2 aromatic carbocycles. The number of carbonyl (C=O) groups is 2. The first-order valence-corrected chi connectivity index (χ1v) is 9.51. The summed E-state index contributed by atoms with van der Waals surface area (Å²) in [5.41, 5.74) is 1.66. The Kier molecular flexibility index (Phi) is 7.07. The molecule has 25 heavy (non-hydrogen) atoms. The molecule has 0 fully saturated rings. The van der Waals surface area contributed by atoms with E-state index in [0.717, 1.165) is 5.56 Å². The van der Waals surface area contributed by atoms with Crippen LogP contribution in [0.2, 0.25) is 0 Å². The van der Waals surface area contributed by atoms with Crippen molar-refractivity contribution < 1.29 is 9.59 Å². The highest BCUT2D eigenvalue weighted by Crippen LogP contribution is 2.19. The van der Waals surface area contributed by atoms with E-state index in [0.29, 0.717) is 5.56 Å². The second-order valence-corrected chi connectivity index (χ2v) is 6.89. The Bertz CT molecular complexity index is 701. The van der Waals surface area contributed by atoms with Gasteiger partial charge in [-0.15, -0.1) is 11.8 Å². The maximum atomic E-state index is 12.2. The first-order chi connectivity index (χ1) is 12.0. The number of thioether (sulfide) groups is 1. The summed E-state index contributed by atoms with van der Waals surface area (Å²) in [5.74, 6) is -0.246. The third-order valence-electron chi connectivity index (χ3n) is 3.90. The molecule has 0 aromatic heterocycles. The topological polar surface area (TPSA) is 58.2 Å². The third-order valence-corrected chi connectivity index (χ3v) is 4.64. The van der Waals surface area contributed by atoms with E-state index in [1.807, 2.05) is 62.6 Å². The summed E-state index contributed by atoms with van der Waals surface area (Å²) in [5, 5.41) is 5.83. The maximum Gasteiger partial charge on any atom is 0.251 e. The van der Waals surface area contributed by atoms with Gasteiger partial charge in [0.25, 0.3) is 5.91 Å². The van der Waals surface area contributed by atoms with E-state index >= 15 is 0 Å². The molecule has 0 saturated carbocycles. The predicted octanol–water partition coefficient (Wildman–Crippen LogP) is 3.79. The van der Waals surface area contributed by atoms with Gasteiger partial charge in [-0.2, -0.15) is 0 Å². The van der Waals surface area contributed by atoms with Crippen molar-refractivity contribution in [1.82, 2.24) is 10.6 Å². The van der Waals surface area contributed by atoms with Crippen molar-refractivity contribution in [2.45, 2.75) is 37.2 Å². The van der Waals surface area contributed by atoms with Crippen molar-refractivity contribution >= 4 is 23.6 Å². The van der Waals surface area contributed by atoms with Gasteiger partial charge in [-0.3, -0.25) is 9.59 Å². The SMILES string of the molecule is CSc1ccc(C(C)NC(=O)CC(C)NC(=O)c2ccccc2)cc1. The van der Waals surface area contributed by atoms with Gasteiger partial charge in [0, 0.05) is 22.9 Å². The molecule has 5 heteroatoms. The third kappa shape index (κ3) is 5.94. The second kappa shape index (κ2) is 9.28. The molecule has 2 aromatic rings. The van der Waals surface area contributed by atoms with Gasteiger partial charge in [0.05, 0.1) is 6.04 Å². The summed E-state index contributed by atoms with van der Waals surface area (Å²) in [7, 11) is 0. The van der Waals surface area contributed by atoms with E-state index in [9.17, 15) is 9.59 Å². The standard InChI is InChI=1S/C20H24N2O2S/c1-14(21-20(24)17-7-5-4-6-8-17)13-19(23)22-15(2)16-9-11-18(25-3)12-10-16/h4-12,14-15H,13H2,1-3H3,(H,21,24)(H,22,23). The summed E-state index contributed by atoms with van der Waals surface area (Å²) in [4.78, 5) is 25.5. The summed E-state index contributed by atoms with van der Waals surface area (Å²) in [6, 6.07) is 16.8.